The molecule has 0 saturated heterocycles. The lowest BCUT2D eigenvalue weighted by Gasteiger charge is -2.40. The molecule has 0 aromatic rings. The topological polar surface area (TPSA) is 36.9 Å². The first-order valence-corrected chi connectivity index (χ1v) is 21.4. The van der Waals surface area contributed by atoms with E-state index in [1.165, 1.54) is 0 Å². The third kappa shape index (κ3) is 10.6. The third-order valence-corrected chi connectivity index (χ3v) is 17.9. The van der Waals surface area contributed by atoms with E-state index in [1.54, 1.807) is 0 Å². The Morgan fingerprint density at radius 2 is 0.900 bits per heavy atom. The molecular formula is C11H33O4Si5. The Morgan fingerprint density at radius 1 is 0.550 bits per heavy atom. The molecule has 0 atom stereocenters. The molecule has 4 nitrogen and oxygen atoms in total. The fourth-order valence-corrected chi connectivity index (χ4v) is 23.4. The van der Waals surface area contributed by atoms with Crippen molar-refractivity contribution in [2.24, 2.45) is 0 Å². The highest BCUT2D eigenvalue weighted by Gasteiger charge is 2.43. The highest BCUT2D eigenvalue weighted by atomic mass is 28.5. The van der Waals surface area contributed by atoms with Crippen LogP contribution in [0.15, 0.2) is 0 Å². The van der Waals surface area contributed by atoms with Crippen molar-refractivity contribution in [2.45, 2.75) is 72.0 Å². The van der Waals surface area contributed by atoms with E-state index in [-0.39, 0.29) is 0 Å². The monoisotopic (exact) mass is 369 g/mol. The highest BCUT2D eigenvalue weighted by Crippen LogP contribution is 2.24. The summed E-state index contributed by atoms with van der Waals surface area (Å²) in [6.07, 6.45) is 0. The predicted octanol–water partition coefficient (Wildman–Crippen LogP) is 4.24. The summed E-state index contributed by atoms with van der Waals surface area (Å²) in [5.74, 6) is 0. The smallest absolute Gasteiger partial charge is 0.314 e. The largest absolute Gasteiger partial charge is 0.437 e. The number of hydrogen-bond acceptors (Lipinski definition) is 4. The van der Waals surface area contributed by atoms with Gasteiger partial charge in [0, 0.05) is 0 Å². The Kier molecular flexibility index (Phi) is 7.33. The molecule has 0 aromatic carbocycles. The first-order chi connectivity index (χ1) is 8.54. The van der Waals surface area contributed by atoms with Crippen LogP contribution in [0.5, 0.6) is 0 Å². The zero-order valence-electron chi connectivity index (χ0n) is 15.1. The highest BCUT2D eigenvalue weighted by molar-refractivity contribution is 6.89. The van der Waals surface area contributed by atoms with Crippen LogP contribution in [0, 0.1) is 0 Å². The second kappa shape index (κ2) is 7.00. The molecule has 0 aliphatic rings. The molecule has 0 aromatic heterocycles. The van der Waals surface area contributed by atoms with Gasteiger partial charge in [-0.1, -0.05) is 0 Å². The van der Waals surface area contributed by atoms with Crippen molar-refractivity contribution in [1.82, 2.24) is 0 Å². The van der Waals surface area contributed by atoms with Crippen LogP contribution in [0.2, 0.25) is 72.0 Å². The van der Waals surface area contributed by atoms with Crippen molar-refractivity contribution in [2.75, 3.05) is 0 Å². The molecule has 0 unspecified atom stereocenters. The molecule has 0 saturated carbocycles. The molecule has 0 aliphatic carbocycles. The van der Waals surface area contributed by atoms with E-state index in [1.807, 2.05) is 0 Å². The Balaban J connectivity index is 4.73. The molecule has 0 amide bonds. The summed E-state index contributed by atoms with van der Waals surface area (Å²) < 4.78 is 25.0. The van der Waals surface area contributed by atoms with Gasteiger partial charge >= 0.3 is 25.7 Å². The van der Waals surface area contributed by atoms with Gasteiger partial charge in [-0.25, -0.2) is 0 Å². The molecule has 0 bridgehead atoms. The van der Waals surface area contributed by atoms with E-state index >= 15 is 0 Å². The second-order valence-electron chi connectivity index (χ2n) is 7.63. The minimum Gasteiger partial charge on any atom is -0.437 e. The summed E-state index contributed by atoms with van der Waals surface area (Å²) in [7, 11) is -8.80. The van der Waals surface area contributed by atoms with Crippen molar-refractivity contribution in [3.8, 4) is 0 Å². The SMILES string of the molecule is C[Si](C)O[Si](C)(C)O[Si](C)(C)O[Si](C)(C)O[Si](C)(C)C. The van der Waals surface area contributed by atoms with Gasteiger partial charge in [-0.05, 0) is 72.0 Å². The van der Waals surface area contributed by atoms with Crippen LogP contribution >= 0.6 is 0 Å². The standard InChI is InChI=1S/C11H33O4Si5/c1-16(2)12-18(6,7)14-20(10,11)15-19(8,9)13-17(3,4)5/h1-11H3. The molecule has 0 spiro atoms. The van der Waals surface area contributed by atoms with Gasteiger partial charge in [0.25, 0.3) is 0 Å². The first-order valence-electron chi connectivity index (χ1n) is 7.13. The lowest BCUT2D eigenvalue weighted by molar-refractivity contribution is 0.302. The maximum Gasteiger partial charge on any atom is 0.314 e. The van der Waals surface area contributed by atoms with Crippen LogP contribution in [0.3, 0.4) is 0 Å². The summed E-state index contributed by atoms with van der Waals surface area (Å²) in [5.41, 5.74) is 0. The maximum absolute atomic E-state index is 6.35. The molecule has 0 fully saturated rings. The summed E-state index contributed by atoms with van der Waals surface area (Å²) in [4.78, 5) is 0. The van der Waals surface area contributed by atoms with Gasteiger partial charge in [0.05, 0.1) is 0 Å². The van der Waals surface area contributed by atoms with Gasteiger partial charge in [0.15, 0.2) is 17.4 Å². The summed E-state index contributed by atoms with van der Waals surface area (Å²) >= 11 is 0. The van der Waals surface area contributed by atoms with E-state index < -0.39 is 43.0 Å². The van der Waals surface area contributed by atoms with Crippen LogP contribution < -0.4 is 0 Å². The Bertz CT molecular complexity index is 312. The minimum atomic E-state index is -2.23. The van der Waals surface area contributed by atoms with Gasteiger partial charge in [0.2, 0.25) is 0 Å². The van der Waals surface area contributed by atoms with E-state index in [0.717, 1.165) is 0 Å². The van der Waals surface area contributed by atoms with Crippen molar-refractivity contribution in [3.05, 3.63) is 0 Å². The molecular weight excluding hydrogens is 337 g/mol. The fraction of sp³-hybridized carbons (Fsp3) is 1.00. The van der Waals surface area contributed by atoms with Crippen LogP contribution in [0.4, 0.5) is 0 Å². The Hall–Kier alpha value is 0.924. The maximum atomic E-state index is 6.35. The van der Waals surface area contributed by atoms with Crippen LogP contribution in [0.1, 0.15) is 0 Å². The van der Waals surface area contributed by atoms with Gasteiger partial charge in [0.1, 0.15) is 0 Å². The summed E-state index contributed by atoms with van der Waals surface area (Å²) in [5, 5.41) is 0. The Morgan fingerprint density at radius 3 is 1.25 bits per heavy atom. The van der Waals surface area contributed by atoms with Crippen molar-refractivity contribution < 1.29 is 16.5 Å². The number of hydrogen-bond donors (Lipinski definition) is 0. The van der Waals surface area contributed by atoms with Gasteiger partial charge in [-0.15, -0.1) is 0 Å². The van der Waals surface area contributed by atoms with Crippen LogP contribution in [-0.2, 0) is 16.5 Å². The van der Waals surface area contributed by atoms with Gasteiger partial charge < -0.3 is 16.5 Å². The molecule has 121 valence electrons. The normalized spacial score (nSPS) is 15.0. The number of rotatable bonds is 8. The van der Waals surface area contributed by atoms with Crippen molar-refractivity contribution >= 4 is 43.0 Å². The first kappa shape index (κ1) is 20.9. The van der Waals surface area contributed by atoms with Gasteiger partial charge in [-0.3, -0.25) is 0 Å². The molecule has 20 heavy (non-hydrogen) atoms. The quantitative estimate of drug-likeness (QED) is 0.599. The predicted molar refractivity (Wildman–Crippen MR) is 97.6 cm³/mol. The molecule has 1 radical (unpaired) electrons. The molecule has 0 rings (SSSR count). The second-order valence-corrected chi connectivity index (χ2v) is 25.3. The van der Waals surface area contributed by atoms with Crippen LogP contribution in [0.25, 0.3) is 0 Å². The summed E-state index contributed by atoms with van der Waals surface area (Å²) in [6, 6.07) is 0. The average Bonchev–Trinajstić information content (AvgIpc) is 1.86. The molecule has 9 heteroatoms. The van der Waals surface area contributed by atoms with E-state index in [2.05, 4.69) is 72.0 Å². The lowest BCUT2D eigenvalue weighted by Crippen LogP contribution is -2.57. The lowest BCUT2D eigenvalue weighted by atomic mass is 11.8. The van der Waals surface area contributed by atoms with E-state index in [4.69, 9.17) is 16.5 Å². The molecule has 0 heterocycles. The Labute approximate surface area is 131 Å². The minimum absolute atomic E-state index is 0.744. The summed E-state index contributed by atoms with van der Waals surface area (Å²) in [6.45, 7) is 23.5. The zero-order valence-corrected chi connectivity index (χ0v) is 20.1. The molecule has 0 N–H and O–H groups in total. The zero-order chi connectivity index (χ0) is 16.4. The third-order valence-electron chi connectivity index (χ3n) is 1.99. The van der Waals surface area contributed by atoms with Crippen molar-refractivity contribution in [3.63, 3.8) is 0 Å². The van der Waals surface area contributed by atoms with Crippen molar-refractivity contribution in [1.29, 1.82) is 0 Å². The molecule has 0 aliphatic heterocycles. The van der Waals surface area contributed by atoms with E-state index in [0.29, 0.717) is 0 Å². The average molecular weight is 370 g/mol. The van der Waals surface area contributed by atoms with E-state index in [9.17, 15) is 0 Å². The van der Waals surface area contributed by atoms with Gasteiger partial charge in [-0.2, -0.15) is 0 Å². The fourth-order valence-electron chi connectivity index (χ4n) is 2.48. The van der Waals surface area contributed by atoms with Crippen LogP contribution in [-0.4, -0.2) is 43.0 Å².